The van der Waals surface area contributed by atoms with Gasteiger partial charge in [0.1, 0.15) is 0 Å². The molecule has 0 aliphatic carbocycles. The summed E-state index contributed by atoms with van der Waals surface area (Å²) in [6.45, 7) is 0. The van der Waals surface area contributed by atoms with Gasteiger partial charge >= 0.3 is 94.6 Å². The fourth-order valence-electron chi connectivity index (χ4n) is 0.893. The van der Waals surface area contributed by atoms with Crippen molar-refractivity contribution < 1.29 is 21.5 Å². The molecule has 0 heterocycles. The molecule has 0 aliphatic rings. The van der Waals surface area contributed by atoms with E-state index >= 15 is 0 Å². The second kappa shape index (κ2) is 5.16. The van der Waals surface area contributed by atoms with Gasteiger partial charge in [-0.1, -0.05) is 0 Å². The zero-order chi connectivity index (χ0) is 10.6. The molecule has 0 spiro atoms. The number of aliphatic imine (C=N–C) groups is 1. The number of rotatable bonds is 3. The van der Waals surface area contributed by atoms with Crippen molar-refractivity contribution in [2.75, 3.05) is 19.8 Å². The SMILES string of the molecule is CN(C)C=Nc1ccc(N)cc1[I-]N. The van der Waals surface area contributed by atoms with E-state index in [1.54, 1.807) is 6.34 Å². The number of nitrogens with two attached hydrogens (primary N) is 2. The van der Waals surface area contributed by atoms with Crippen molar-refractivity contribution in [3.05, 3.63) is 21.8 Å². The van der Waals surface area contributed by atoms with Crippen molar-refractivity contribution in [3.63, 3.8) is 0 Å². The molecule has 1 rings (SSSR count). The molecule has 5 heteroatoms. The molecule has 0 amide bonds. The molecule has 0 aliphatic heterocycles. The van der Waals surface area contributed by atoms with E-state index in [9.17, 15) is 0 Å². The Labute approximate surface area is 94.6 Å². The third-order valence-electron chi connectivity index (χ3n) is 1.52. The third kappa shape index (κ3) is 3.15. The summed E-state index contributed by atoms with van der Waals surface area (Å²) in [7, 11) is 3.86. The summed E-state index contributed by atoms with van der Waals surface area (Å²) < 4.78 is 6.76. The Morgan fingerprint density at radius 2 is 2.14 bits per heavy atom. The fourth-order valence-corrected chi connectivity index (χ4v) is 2.07. The van der Waals surface area contributed by atoms with Gasteiger partial charge in [0.25, 0.3) is 0 Å². The summed E-state index contributed by atoms with van der Waals surface area (Å²) in [6, 6.07) is 5.64. The molecular weight excluding hydrogens is 291 g/mol. The summed E-state index contributed by atoms with van der Waals surface area (Å²) in [4.78, 5) is 6.19. The van der Waals surface area contributed by atoms with Crippen LogP contribution in [0.4, 0.5) is 11.4 Å². The van der Waals surface area contributed by atoms with Gasteiger partial charge in [-0.25, -0.2) is 0 Å². The molecule has 78 valence electrons. The van der Waals surface area contributed by atoms with Gasteiger partial charge < -0.3 is 0 Å². The number of anilines is 1. The normalized spacial score (nSPS) is 11.1. The number of benzene rings is 1. The Bertz CT molecular complexity index is 336. The van der Waals surface area contributed by atoms with Crippen LogP contribution in [0.3, 0.4) is 0 Å². The van der Waals surface area contributed by atoms with E-state index < -0.39 is 21.5 Å². The average molecular weight is 305 g/mol. The first-order chi connectivity index (χ1) is 6.63. The van der Waals surface area contributed by atoms with Gasteiger partial charge in [-0.15, -0.1) is 0 Å². The van der Waals surface area contributed by atoms with Crippen LogP contribution >= 0.6 is 0 Å². The van der Waals surface area contributed by atoms with Crippen LogP contribution < -0.4 is 31.2 Å². The quantitative estimate of drug-likeness (QED) is 0.216. The van der Waals surface area contributed by atoms with Gasteiger partial charge in [0.15, 0.2) is 0 Å². The molecule has 4 nitrogen and oxygen atoms in total. The number of nitrogen functional groups attached to an aromatic ring is 1. The van der Waals surface area contributed by atoms with Crippen LogP contribution in [0.15, 0.2) is 23.2 Å². The van der Waals surface area contributed by atoms with Crippen LogP contribution in [-0.2, 0) is 0 Å². The molecule has 0 fully saturated rings. The zero-order valence-electron chi connectivity index (χ0n) is 8.24. The first-order valence-corrected chi connectivity index (χ1v) is 6.39. The van der Waals surface area contributed by atoms with E-state index in [4.69, 9.17) is 9.68 Å². The van der Waals surface area contributed by atoms with Gasteiger partial charge in [-0.05, 0) is 0 Å². The van der Waals surface area contributed by atoms with Gasteiger partial charge in [0.05, 0.1) is 0 Å². The van der Waals surface area contributed by atoms with E-state index in [0.717, 1.165) is 14.9 Å². The molecule has 1 aromatic rings. The average Bonchev–Trinajstić information content (AvgIpc) is 2.15. The van der Waals surface area contributed by atoms with E-state index in [0.29, 0.717) is 0 Å². The van der Waals surface area contributed by atoms with Gasteiger partial charge in [-0.3, -0.25) is 0 Å². The van der Waals surface area contributed by atoms with Crippen LogP contribution in [-0.4, -0.2) is 25.3 Å². The van der Waals surface area contributed by atoms with Gasteiger partial charge in [0.2, 0.25) is 0 Å². The molecular formula is C9H14IN4-. The minimum absolute atomic E-state index is 0.474. The number of hydrogen-bond acceptors (Lipinski definition) is 3. The maximum atomic E-state index is 5.69. The molecule has 0 radical (unpaired) electrons. The Morgan fingerprint density at radius 1 is 1.43 bits per heavy atom. The van der Waals surface area contributed by atoms with E-state index in [1.165, 1.54) is 0 Å². The zero-order valence-corrected chi connectivity index (χ0v) is 10.4. The molecule has 0 saturated carbocycles. The molecule has 4 N–H and O–H groups in total. The van der Waals surface area contributed by atoms with E-state index in [1.807, 2.05) is 37.2 Å². The monoisotopic (exact) mass is 305 g/mol. The number of nitrogens with zero attached hydrogens (tertiary/aromatic N) is 2. The molecule has 0 unspecified atom stereocenters. The Kier molecular flexibility index (Phi) is 4.15. The van der Waals surface area contributed by atoms with Gasteiger partial charge in [0, 0.05) is 0 Å². The predicted octanol–water partition coefficient (Wildman–Crippen LogP) is -2.38. The third-order valence-corrected chi connectivity index (χ3v) is 3.05. The molecule has 0 saturated heterocycles. The molecule has 0 bridgehead atoms. The molecule has 14 heavy (non-hydrogen) atoms. The van der Waals surface area contributed by atoms with Crippen LogP contribution in [0.5, 0.6) is 0 Å². The first kappa shape index (κ1) is 11.3. The fraction of sp³-hybridized carbons (Fsp3) is 0.222. The summed E-state index contributed by atoms with van der Waals surface area (Å²) in [5, 5.41) is 0. The van der Waals surface area contributed by atoms with E-state index in [-0.39, 0.29) is 0 Å². The Hall–Kier alpha value is -0.820. The van der Waals surface area contributed by atoms with Crippen molar-refractivity contribution in [3.8, 4) is 0 Å². The predicted molar refractivity (Wildman–Crippen MR) is 55.6 cm³/mol. The van der Waals surface area contributed by atoms with Gasteiger partial charge in [-0.2, -0.15) is 0 Å². The van der Waals surface area contributed by atoms with Crippen molar-refractivity contribution in [2.45, 2.75) is 0 Å². The van der Waals surface area contributed by atoms with Crippen LogP contribution in [0.25, 0.3) is 0 Å². The van der Waals surface area contributed by atoms with Crippen LogP contribution in [0.2, 0.25) is 0 Å². The Balaban J connectivity index is 2.96. The summed E-state index contributed by atoms with van der Waals surface area (Å²) in [6.07, 6.45) is 1.76. The minimum atomic E-state index is -0.474. The second-order valence-corrected chi connectivity index (χ2v) is 4.81. The van der Waals surface area contributed by atoms with Crippen molar-refractivity contribution in [1.29, 1.82) is 0 Å². The molecule has 0 aromatic heterocycles. The number of hydrogen-bond donors (Lipinski definition) is 2. The van der Waals surface area contributed by atoms with Crippen LogP contribution in [0.1, 0.15) is 0 Å². The summed E-state index contributed by atoms with van der Waals surface area (Å²) >= 11 is -0.474. The van der Waals surface area contributed by atoms with Crippen LogP contribution in [0, 0.1) is 3.57 Å². The summed E-state index contributed by atoms with van der Waals surface area (Å²) in [5.74, 6) is 0. The molecule has 0 atom stereocenters. The van der Waals surface area contributed by atoms with Crippen molar-refractivity contribution >= 4 is 17.7 Å². The van der Waals surface area contributed by atoms with Crippen molar-refractivity contribution in [2.24, 2.45) is 8.94 Å². The second-order valence-electron chi connectivity index (χ2n) is 3.03. The first-order valence-electron chi connectivity index (χ1n) is 4.07. The van der Waals surface area contributed by atoms with Crippen molar-refractivity contribution in [1.82, 2.24) is 4.90 Å². The standard InChI is InChI=1S/C9H14IN4/c1-14(2)6-13-9-4-3-7(11)5-8(9)10-12/h3-6H,11-12H2,1-2H3/q-1. The number of halogens is 1. The van der Waals surface area contributed by atoms with E-state index in [2.05, 4.69) is 4.99 Å². The topological polar surface area (TPSA) is 67.6 Å². The molecule has 1 aromatic carbocycles. The maximum absolute atomic E-state index is 5.69. The summed E-state index contributed by atoms with van der Waals surface area (Å²) in [5.41, 5.74) is 7.32. The Morgan fingerprint density at radius 3 is 2.71 bits per heavy atom.